The number of benzene rings is 2. The first-order valence-electron chi connectivity index (χ1n) is 12.7. The second kappa shape index (κ2) is 12.9. The maximum absolute atomic E-state index is 13.4. The van der Waals surface area contributed by atoms with Crippen LogP contribution >= 0.6 is 24.0 Å². The van der Waals surface area contributed by atoms with Crippen LogP contribution in [0.25, 0.3) is 6.08 Å². The Morgan fingerprint density at radius 2 is 1.62 bits per heavy atom. The Kier molecular flexibility index (Phi) is 9.30. The molecule has 4 rings (SSSR count). The molecular weight excluding hydrogens is 544 g/mol. The minimum absolute atomic E-state index is 0.0538. The number of nitrogens with one attached hydrogen (secondary N) is 1. The Bertz CT molecular complexity index is 1550. The lowest BCUT2D eigenvalue weighted by Gasteiger charge is -2.19. The first-order chi connectivity index (χ1) is 19.3. The van der Waals surface area contributed by atoms with Gasteiger partial charge in [0.15, 0.2) is 0 Å². The summed E-state index contributed by atoms with van der Waals surface area (Å²) in [5, 5.41) is 13.2. The van der Waals surface area contributed by atoms with Crippen molar-refractivity contribution in [3.05, 3.63) is 91.6 Å². The number of anilines is 1. The Morgan fingerprint density at radius 1 is 1.02 bits per heavy atom. The molecule has 1 aliphatic heterocycles. The molecule has 8 nitrogen and oxygen atoms in total. The van der Waals surface area contributed by atoms with Crippen LogP contribution in [0.15, 0.2) is 58.2 Å². The summed E-state index contributed by atoms with van der Waals surface area (Å²) < 4.78 is 12.5. The van der Waals surface area contributed by atoms with Crippen LogP contribution in [0, 0.1) is 18.3 Å². The third-order valence-electron chi connectivity index (χ3n) is 6.74. The Morgan fingerprint density at radius 3 is 2.17 bits per heavy atom. The van der Waals surface area contributed by atoms with Crippen molar-refractivity contribution in [2.75, 3.05) is 26.1 Å². The first kappa shape index (κ1) is 28.9. The van der Waals surface area contributed by atoms with E-state index in [0.29, 0.717) is 52.2 Å². The summed E-state index contributed by atoms with van der Waals surface area (Å²) in [5.41, 5.74) is 2.85. The predicted molar refractivity (Wildman–Crippen MR) is 163 cm³/mol. The van der Waals surface area contributed by atoms with Gasteiger partial charge in [-0.1, -0.05) is 48.2 Å². The smallest absolute Gasteiger partial charge is 0.270 e. The summed E-state index contributed by atoms with van der Waals surface area (Å²) in [7, 11) is 3.23. The van der Waals surface area contributed by atoms with Gasteiger partial charge in [0.25, 0.3) is 11.5 Å². The molecule has 0 spiro atoms. The molecule has 40 heavy (non-hydrogen) atoms. The number of nitriles is 1. The van der Waals surface area contributed by atoms with E-state index >= 15 is 0 Å². The Balaban J connectivity index is 1.65. The molecule has 1 aliphatic rings. The first-order valence-corrected chi connectivity index (χ1v) is 14.0. The van der Waals surface area contributed by atoms with Gasteiger partial charge in [0.05, 0.1) is 19.1 Å². The minimum atomic E-state index is -0.371. The molecule has 0 radical (unpaired) electrons. The number of ether oxygens (including phenoxy) is 2. The number of thioether (sulfide) groups is 1. The molecule has 0 unspecified atom stereocenters. The highest BCUT2D eigenvalue weighted by Crippen LogP contribution is 2.35. The number of hydrogen-bond donors (Lipinski definition) is 1. The van der Waals surface area contributed by atoms with E-state index in [1.54, 1.807) is 32.1 Å². The third-order valence-corrected chi connectivity index (χ3v) is 8.12. The molecule has 0 aliphatic carbocycles. The van der Waals surface area contributed by atoms with Crippen LogP contribution in [-0.4, -0.2) is 40.5 Å². The molecule has 0 saturated carbocycles. The maximum Gasteiger partial charge on any atom is 0.270 e. The van der Waals surface area contributed by atoms with E-state index in [-0.39, 0.29) is 17.0 Å². The number of methoxy groups -OCH3 is 2. The largest absolute Gasteiger partial charge is 0.497 e. The molecule has 1 aromatic heterocycles. The van der Waals surface area contributed by atoms with E-state index in [1.807, 2.05) is 55.5 Å². The van der Waals surface area contributed by atoms with Crippen molar-refractivity contribution in [3.63, 3.8) is 0 Å². The van der Waals surface area contributed by atoms with Crippen LogP contribution in [0.1, 0.15) is 34.7 Å². The van der Waals surface area contributed by atoms with Gasteiger partial charge in [-0.25, -0.2) is 0 Å². The van der Waals surface area contributed by atoms with Gasteiger partial charge in [-0.2, -0.15) is 5.26 Å². The van der Waals surface area contributed by atoms with Crippen molar-refractivity contribution in [1.82, 2.24) is 9.47 Å². The van der Waals surface area contributed by atoms with Crippen molar-refractivity contribution in [3.8, 4) is 17.6 Å². The van der Waals surface area contributed by atoms with Crippen LogP contribution in [0.2, 0.25) is 0 Å². The van der Waals surface area contributed by atoms with Gasteiger partial charge < -0.3 is 14.8 Å². The molecule has 1 fully saturated rings. The van der Waals surface area contributed by atoms with Crippen LogP contribution in [0.3, 0.4) is 0 Å². The van der Waals surface area contributed by atoms with Gasteiger partial charge in [0, 0.05) is 25.2 Å². The van der Waals surface area contributed by atoms with Crippen molar-refractivity contribution < 1.29 is 14.3 Å². The molecule has 2 heterocycles. The highest BCUT2D eigenvalue weighted by atomic mass is 32.2. The number of nitrogens with zero attached hydrogens (tertiary/aromatic N) is 3. The van der Waals surface area contributed by atoms with Crippen LogP contribution < -0.4 is 20.3 Å². The second-order valence-corrected chi connectivity index (χ2v) is 10.7. The lowest BCUT2D eigenvalue weighted by molar-refractivity contribution is -0.122. The summed E-state index contributed by atoms with van der Waals surface area (Å²) >= 11 is 6.78. The van der Waals surface area contributed by atoms with Crippen molar-refractivity contribution >= 4 is 46.1 Å². The molecule has 1 saturated heterocycles. The molecule has 0 bridgehead atoms. The normalized spacial score (nSPS) is 14.0. The topological polar surface area (TPSA) is 96.6 Å². The third kappa shape index (κ3) is 6.06. The van der Waals surface area contributed by atoms with E-state index < -0.39 is 0 Å². The molecule has 3 aromatic rings. The zero-order valence-electron chi connectivity index (χ0n) is 22.8. The zero-order chi connectivity index (χ0) is 28.8. The average Bonchev–Trinajstić information content (AvgIpc) is 3.24. The van der Waals surface area contributed by atoms with Gasteiger partial charge in [0.2, 0.25) is 0 Å². The van der Waals surface area contributed by atoms with E-state index in [2.05, 4.69) is 11.4 Å². The van der Waals surface area contributed by atoms with Crippen LogP contribution in [0.5, 0.6) is 11.5 Å². The number of pyridine rings is 1. The summed E-state index contributed by atoms with van der Waals surface area (Å²) in [6.07, 6.45) is 2.38. The highest BCUT2D eigenvalue weighted by molar-refractivity contribution is 8.26. The lowest BCUT2D eigenvalue weighted by Crippen LogP contribution is -2.30. The molecule has 1 N–H and O–H groups in total. The Hall–Kier alpha value is -4.07. The minimum Gasteiger partial charge on any atom is -0.497 e. The average molecular weight is 575 g/mol. The van der Waals surface area contributed by atoms with Crippen molar-refractivity contribution in [2.45, 2.75) is 33.4 Å². The Labute approximate surface area is 243 Å². The summed E-state index contributed by atoms with van der Waals surface area (Å²) in [6.45, 7) is 4.79. The number of hydrogen-bond acceptors (Lipinski definition) is 8. The zero-order valence-corrected chi connectivity index (χ0v) is 24.4. The number of carbonyl (C=O) groups is 1. The van der Waals surface area contributed by atoms with Gasteiger partial charge in [-0.15, -0.1) is 0 Å². The van der Waals surface area contributed by atoms with E-state index in [4.69, 9.17) is 21.7 Å². The fourth-order valence-electron chi connectivity index (χ4n) is 4.44. The number of amides is 1. The molecule has 206 valence electrons. The maximum atomic E-state index is 13.4. The van der Waals surface area contributed by atoms with E-state index in [0.717, 1.165) is 22.6 Å². The number of aromatic nitrogens is 1. The molecule has 0 atom stereocenters. The summed E-state index contributed by atoms with van der Waals surface area (Å²) in [5.74, 6) is 1.87. The van der Waals surface area contributed by atoms with Gasteiger partial charge in [-0.05, 0) is 67.3 Å². The summed E-state index contributed by atoms with van der Waals surface area (Å²) in [6, 6.07) is 17.4. The summed E-state index contributed by atoms with van der Waals surface area (Å²) in [4.78, 5) is 28.6. The van der Waals surface area contributed by atoms with Crippen molar-refractivity contribution in [2.24, 2.45) is 0 Å². The van der Waals surface area contributed by atoms with E-state index in [1.165, 1.54) is 16.3 Å². The number of rotatable bonds is 10. The molecule has 2 aromatic carbocycles. The number of carbonyl (C=O) groups excluding carboxylic acids is 1. The van der Waals surface area contributed by atoms with E-state index in [9.17, 15) is 14.9 Å². The fraction of sp³-hybridized carbons (Fsp3) is 0.267. The molecule has 10 heteroatoms. The lowest BCUT2D eigenvalue weighted by atomic mass is 10.0. The highest BCUT2D eigenvalue weighted by Gasteiger charge is 2.32. The number of thiocarbonyl (C=S) groups is 1. The monoisotopic (exact) mass is 574 g/mol. The SMILES string of the molecule is CCn1c(NCc2ccc(OC)cc2)c(/C=C2/SC(=S)N(CCc3ccc(OC)cc3)C2=O)c(C)c(C#N)c1=O. The quantitative estimate of drug-likeness (QED) is 0.263. The molecular formula is C30H30N4O4S2. The van der Waals surface area contributed by atoms with Crippen LogP contribution in [-0.2, 0) is 24.3 Å². The van der Waals surface area contributed by atoms with Gasteiger partial charge >= 0.3 is 0 Å². The second-order valence-electron chi connectivity index (χ2n) is 9.06. The van der Waals surface area contributed by atoms with Crippen molar-refractivity contribution in [1.29, 1.82) is 5.26 Å². The fourth-order valence-corrected chi connectivity index (χ4v) is 5.73. The predicted octanol–water partition coefficient (Wildman–Crippen LogP) is 5.12. The van der Waals surface area contributed by atoms with Gasteiger partial charge in [-0.3, -0.25) is 19.1 Å². The van der Waals surface area contributed by atoms with Crippen LogP contribution in [0.4, 0.5) is 5.82 Å². The standard InChI is InChI=1S/C30H30N4O4S2/c1-5-33-27(32-18-21-8-12-23(38-4)13-9-21)24(19(2)25(17-31)28(33)35)16-26-29(36)34(30(39)40-26)15-14-20-6-10-22(37-3)11-7-20/h6-13,16,32H,5,14-15,18H2,1-4H3/b26-16+. The van der Waals surface area contributed by atoms with Gasteiger partial charge in [0.1, 0.15) is 33.3 Å². The molecule has 1 amide bonds.